The van der Waals surface area contributed by atoms with Gasteiger partial charge in [0, 0.05) is 34.1 Å². The van der Waals surface area contributed by atoms with Crippen molar-refractivity contribution in [2.75, 3.05) is 9.80 Å². The fourth-order valence-electron chi connectivity index (χ4n) is 15.9. The SMILES string of the molecule is Cc1cccc(N(c2ccc(-c3c4ccccc4c(-c4ccc(N(c5ccc(C6(c7ccccc7)c7ccccc7-c7ccccc76)cc5)c5cccc(C)c5)cc4)c4ccccc34)cc2)c2ccc(C3(c4ccccc4)c4ccccc4-c4ccccc43)cc2)c1. The van der Waals surface area contributed by atoms with Crippen LogP contribution in [0.4, 0.5) is 34.1 Å². The van der Waals surface area contributed by atoms with Crippen molar-refractivity contribution in [2.45, 2.75) is 24.7 Å². The van der Waals surface area contributed by atoms with Gasteiger partial charge in [-0.2, -0.15) is 0 Å². The van der Waals surface area contributed by atoms with Gasteiger partial charge in [-0.15, -0.1) is 0 Å². The van der Waals surface area contributed by atoms with Crippen LogP contribution in [0, 0.1) is 13.8 Å². The van der Waals surface area contributed by atoms with Crippen molar-refractivity contribution in [3.05, 3.63) is 407 Å². The molecule has 0 atom stereocenters. The van der Waals surface area contributed by atoms with E-state index >= 15 is 0 Å². The first-order chi connectivity index (χ1) is 45.5. The molecular weight excluding hydrogens is 1110 g/mol. The molecule has 2 aliphatic carbocycles. The third-order valence-corrected chi connectivity index (χ3v) is 19.7. The van der Waals surface area contributed by atoms with Crippen molar-refractivity contribution in [1.82, 2.24) is 0 Å². The molecule has 0 amide bonds. The lowest BCUT2D eigenvalue weighted by Gasteiger charge is -2.34. The fourth-order valence-corrected chi connectivity index (χ4v) is 15.9. The van der Waals surface area contributed by atoms with E-state index in [1.54, 1.807) is 0 Å². The summed E-state index contributed by atoms with van der Waals surface area (Å²) in [6, 6.07) is 131. The van der Waals surface area contributed by atoms with Gasteiger partial charge >= 0.3 is 0 Å². The van der Waals surface area contributed by atoms with Crippen LogP contribution in [0.25, 0.3) is 66.1 Å². The van der Waals surface area contributed by atoms with Crippen LogP contribution >= 0.6 is 0 Å². The highest BCUT2D eigenvalue weighted by Crippen LogP contribution is 2.58. The summed E-state index contributed by atoms with van der Waals surface area (Å²) in [6.07, 6.45) is 0. The molecule has 15 aromatic carbocycles. The Labute approximate surface area is 538 Å². The molecule has 0 N–H and O–H groups in total. The van der Waals surface area contributed by atoms with E-state index in [-0.39, 0.29) is 0 Å². The summed E-state index contributed by atoms with van der Waals surface area (Å²) in [5.41, 5.74) is 28.2. The number of hydrogen-bond acceptors (Lipinski definition) is 2. The molecule has 0 fully saturated rings. The summed E-state index contributed by atoms with van der Waals surface area (Å²) in [7, 11) is 0. The molecule has 92 heavy (non-hydrogen) atoms. The summed E-state index contributed by atoms with van der Waals surface area (Å²) in [5.74, 6) is 0. The zero-order chi connectivity index (χ0) is 61.3. The second-order valence-electron chi connectivity index (χ2n) is 24.8. The molecule has 0 spiro atoms. The van der Waals surface area contributed by atoms with Gasteiger partial charge < -0.3 is 9.80 Å². The van der Waals surface area contributed by atoms with E-state index in [4.69, 9.17) is 0 Å². The molecule has 0 bridgehead atoms. The Bertz CT molecular complexity index is 4800. The predicted molar refractivity (Wildman–Crippen MR) is 386 cm³/mol. The standard InChI is InChI=1S/C90H64N2/c1-61-23-21-29-73(59-61)91(71-55-47-67(48-56-71)89(65-25-5-3-6-26-65)83-39-17-13-31-75(83)76-32-14-18-40-84(76)89)69-51-43-63(44-52-69)87-79-35-9-11-37-81(79)88(82-38-12-10-36-80(82)87)64-45-53-70(54-46-64)92(74-30-22-24-62(2)60-74)72-57-49-68(50-58-72)90(66-27-7-4-8-28-66)85-41-19-15-33-77(85)78-34-16-20-42-86(78)90/h3-60H,1-2H3. The van der Waals surface area contributed by atoms with E-state index < -0.39 is 10.8 Å². The van der Waals surface area contributed by atoms with Crippen LogP contribution < -0.4 is 9.80 Å². The van der Waals surface area contributed by atoms with E-state index in [1.165, 1.54) is 122 Å². The summed E-state index contributed by atoms with van der Waals surface area (Å²) in [6.45, 7) is 4.35. The van der Waals surface area contributed by atoms with E-state index in [2.05, 4.69) is 375 Å². The highest BCUT2D eigenvalue weighted by molar-refractivity contribution is 6.21. The van der Waals surface area contributed by atoms with Crippen molar-refractivity contribution in [1.29, 1.82) is 0 Å². The summed E-state index contributed by atoms with van der Waals surface area (Å²) < 4.78 is 0. The molecule has 0 aliphatic heterocycles. The Kier molecular flexibility index (Phi) is 13.1. The monoisotopic (exact) mass is 1170 g/mol. The molecule has 434 valence electrons. The molecule has 0 aromatic heterocycles. The Morgan fingerprint density at radius 1 is 0.207 bits per heavy atom. The van der Waals surface area contributed by atoms with Crippen molar-refractivity contribution in [2.24, 2.45) is 0 Å². The Morgan fingerprint density at radius 3 is 0.772 bits per heavy atom. The van der Waals surface area contributed by atoms with E-state index in [1.807, 2.05) is 0 Å². The van der Waals surface area contributed by atoms with Crippen molar-refractivity contribution < 1.29 is 0 Å². The average molecular weight is 1170 g/mol. The molecule has 0 saturated carbocycles. The number of nitrogens with zero attached hydrogens (tertiary/aromatic N) is 2. The van der Waals surface area contributed by atoms with Crippen LogP contribution in [0.2, 0.25) is 0 Å². The number of aryl methyl sites for hydroxylation is 2. The third-order valence-electron chi connectivity index (χ3n) is 19.7. The number of hydrogen-bond donors (Lipinski definition) is 0. The van der Waals surface area contributed by atoms with Crippen LogP contribution in [-0.2, 0) is 10.8 Å². The smallest absolute Gasteiger partial charge is 0.0713 e. The van der Waals surface area contributed by atoms with Crippen molar-refractivity contribution in [3.8, 4) is 44.5 Å². The largest absolute Gasteiger partial charge is 0.310 e. The number of anilines is 6. The molecule has 0 unspecified atom stereocenters. The molecule has 0 radical (unpaired) electrons. The maximum absolute atomic E-state index is 2.40. The maximum Gasteiger partial charge on any atom is 0.0713 e. The topological polar surface area (TPSA) is 6.48 Å². The average Bonchev–Trinajstić information content (AvgIpc) is 1.77. The second kappa shape index (κ2) is 22.2. The lowest BCUT2D eigenvalue weighted by molar-refractivity contribution is 0.768. The minimum absolute atomic E-state index is 0.476. The van der Waals surface area contributed by atoms with E-state index in [0.29, 0.717) is 0 Å². The molecule has 0 heterocycles. The molecule has 2 aliphatic rings. The van der Waals surface area contributed by atoms with Crippen LogP contribution in [0.5, 0.6) is 0 Å². The van der Waals surface area contributed by atoms with Gasteiger partial charge in [0.25, 0.3) is 0 Å². The maximum atomic E-state index is 2.40. The van der Waals surface area contributed by atoms with Crippen molar-refractivity contribution >= 4 is 55.7 Å². The molecule has 2 heteroatoms. The summed E-state index contributed by atoms with van der Waals surface area (Å²) >= 11 is 0. The lowest BCUT2D eigenvalue weighted by atomic mass is 9.68. The van der Waals surface area contributed by atoms with Gasteiger partial charge in [0.2, 0.25) is 0 Å². The second-order valence-corrected chi connectivity index (χ2v) is 24.8. The van der Waals surface area contributed by atoms with Crippen LogP contribution in [0.15, 0.2) is 352 Å². The predicted octanol–water partition coefficient (Wildman–Crippen LogP) is 23.6. The summed E-state index contributed by atoms with van der Waals surface area (Å²) in [4.78, 5) is 4.81. The quantitative estimate of drug-likeness (QED) is 0.113. The molecule has 2 nitrogen and oxygen atoms in total. The first-order valence-electron chi connectivity index (χ1n) is 32.1. The normalized spacial score (nSPS) is 13.1. The zero-order valence-electron chi connectivity index (χ0n) is 51.4. The van der Waals surface area contributed by atoms with Gasteiger partial charge in [-0.1, -0.05) is 279 Å². The van der Waals surface area contributed by atoms with E-state index in [9.17, 15) is 0 Å². The van der Waals surface area contributed by atoms with Gasteiger partial charge in [0.15, 0.2) is 0 Å². The molecule has 15 aromatic rings. The first kappa shape index (κ1) is 54.6. The highest BCUT2D eigenvalue weighted by Gasteiger charge is 2.47. The Morgan fingerprint density at radius 2 is 0.467 bits per heavy atom. The number of benzene rings is 15. The number of fused-ring (bicyclic) bond motifs is 8. The summed E-state index contributed by atoms with van der Waals surface area (Å²) in [5, 5.41) is 4.87. The Hall–Kier alpha value is -11.6. The lowest BCUT2D eigenvalue weighted by Crippen LogP contribution is -2.28. The van der Waals surface area contributed by atoms with Gasteiger partial charge in [-0.05, 0) is 208 Å². The third kappa shape index (κ3) is 8.55. The zero-order valence-corrected chi connectivity index (χ0v) is 51.4. The van der Waals surface area contributed by atoms with Gasteiger partial charge in [0.1, 0.15) is 0 Å². The minimum Gasteiger partial charge on any atom is -0.310 e. The fraction of sp³-hybridized carbons (Fsp3) is 0.0444. The molecule has 17 rings (SSSR count). The molecule has 0 saturated heterocycles. The van der Waals surface area contributed by atoms with Gasteiger partial charge in [-0.25, -0.2) is 0 Å². The number of rotatable bonds is 12. The minimum atomic E-state index is -0.476. The first-order valence-corrected chi connectivity index (χ1v) is 32.1. The van der Waals surface area contributed by atoms with Crippen LogP contribution in [0.3, 0.4) is 0 Å². The van der Waals surface area contributed by atoms with Gasteiger partial charge in [0.05, 0.1) is 10.8 Å². The Balaban J connectivity index is 0.740. The van der Waals surface area contributed by atoms with Crippen LogP contribution in [-0.4, -0.2) is 0 Å². The van der Waals surface area contributed by atoms with Gasteiger partial charge in [-0.3, -0.25) is 0 Å². The molecular formula is C90H64N2. The highest BCUT2D eigenvalue weighted by atomic mass is 15.1. The van der Waals surface area contributed by atoms with E-state index in [0.717, 1.165) is 34.1 Å². The van der Waals surface area contributed by atoms with Crippen molar-refractivity contribution in [3.63, 3.8) is 0 Å². The van der Waals surface area contributed by atoms with Crippen LogP contribution in [0.1, 0.15) is 55.6 Å².